The molecule has 0 aliphatic rings. The summed E-state index contributed by atoms with van der Waals surface area (Å²) in [6.45, 7) is 0. The number of nitrogens with one attached hydrogen (secondary N) is 1. The molecule has 0 aliphatic heterocycles. The van der Waals surface area contributed by atoms with Crippen molar-refractivity contribution in [2.24, 2.45) is 0 Å². The Hall–Kier alpha value is -0.770. The summed E-state index contributed by atoms with van der Waals surface area (Å²) in [4.78, 5) is 0. The number of hydrogen-bond acceptors (Lipinski definition) is 2. The normalized spacial score (nSPS) is 9.89. The average molecular weight is 433 g/mol. The maximum absolute atomic E-state index is 8.80. The molecule has 0 radical (unpaired) electrons. The van der Waals surface area contributed by atoms with E-state index in [1.165, 1.54) is 0 Å². The molecule has 18 heavy (non-hydrogen) atoms. The first-order chi connectivity index (χ1) is 8.60. The Morgan fingerprint density at radius 3 is 2.50 bits per heavy atom. The van der Waals surface area contributed by atoms with Crippen LogP contribution in [0.3, 0.4) is 0 Å². The van der Waals surface area contributed by atoms with Gasteiger partial charge in [-0.05, 0) is 74.9 Å². The highest BCUT2D eigenvalue weighted by Crippen LogP contribution is 2.31. The van der Waals surface area contributed by atoms with E-state index in [0.29, 0.717) is 10.6 Å². The monoisotopic (exact) mass is 432 g/mol. The predicted molar refractivity (Wildman–Crippen MR) is 86.3 cm³/mol. The van der Waals surface area contributed by atoms with Crippen LogP contribution in [0.2, 0.25) is 5.02 Å². The van der Waals surface area contributed by atoms with Crippen molar-refractivity contribution < 1.29 is 0 Å². The molecule has 0 atom stereocenters. The molecular formula is C13H7BrClIN2. The third kappa shape index (κ3) is 3.16. The van der Waals surface area contributed by atoms with E-state index in [1.54, 1.807) is 12.1 Å². The van der Waals surface area contributed by atoms with Crippen molar-refractivity contribution in [1.82, 2.24) is 0 Å². The molecule has 0 saturated carbocycles. The van der Waals surface area contributed by atoms with Crippen LogP contribution >= 0.6 is 50.1 Å². The van der Waals surface area contributed by atoms with E-state index in [4.69, 9.17) is 16.9 Å². The Morgan fingerprint density at radius 1 is 1.17 bits per heavy atom. The van der Waals surface area contributed by atoms with Gasteiger partial charge in [-0.1, -0.05) is 11.6 Å². The lowest BCUT2D eigenvalue weighted by Gasteiger charge is -2.10. The Morgan fingerprint density at radius 2 is 1.89 bits per heavy atom. The number of halogens is 3. The maximum atomic E-state index is 8.80. The van der Waals surface area contributed by atoms with Crippen molar-refractivity contribution in [3.05, 3.63) is 55.0 Å². The standard InChI is InChI=1S/C13H7BrClIN2/c14-10-5-8(7-17)1-3-12(10)18-13-4-2-9(16)6-11(13)15/h1-6,18H. The van der Waals surface area contributed by atoms with Crippen molar-refractivity contribution in [3.63, 3.8) is 0 Å². The number of rotatable bonds is 2. The molecule has 0 unspecified atom stereocenters. The Labute approximate surface area is 132 Å². The van der Waals surface area contributed by atoms with E-state index in [1.807, 2.05) is 24.3 Å². The summed E-state index contributed by atoms with van der Waals surface area (Å²) >= 11 is 11.8. The number of anilines is 2. The molecule has 90 valence electrons. The first-order valence-electron chi connectivity index (χ1n) is 5.02. The van der Waals surface area contributed by atoms with Gasteiger partial charge in [0.05, 0.1) is 28.0 Å². The zero-order chi connectivity index (χ0) is 13.1. The first kappa shape index (κ1) is 13.7. The summed E-state index contributed by atoms with van der Waals surface area (Å²) in [6.07, 6.45) is 0. The van der Waals surface area contributed by atoms with Gasteiger partial charge in [0.25, 0.3) is 0 Å². The smallest absolute Gasteiger partial charge is 0.0992 e. The van der Waals surface area contributed by atoms with Gasteiger partial charge < -0.3 is 5.32 Å². The third-order valence-electron chi connectivity index (χ3n) is 2.30. The lowest BCUT2D eigenvalue weighted by atomic mass is 10.2. The Kier molecular flexibility index (Phi) is 4.49. The van der Waals surface area contributed by atoms with Crippen LogP contribution in [0.1, 0.15) is 5.56 Å². The van der Waals surface area contributed by atoms with Crippen molar-refractivity contribution in [2.75, 3.05) is 5.32 Å². The van der Waals surface area contributed by atoms with E-state index in [9.17, 15) is 0 Å². The van der Waals surface area contributed by atoms with Crippen LogP contribution in [0.5, 0.6) is 0 Å². The molecule has 0 fully saturated rings. The average Bonchev–Trinajstić information content (AvgIpc) is 2.34. The second-order valence-corrected chi connectivity index (χ2v) is 6.06. The van der Waals surface area contributed by atoms with E-state index >= 15 is 0 Å². The highest BCUT2D eigenvalue weighted by Gasteiger charge is 2.05. The zero-order valence-electron chi connectivity index (χ0n) is 9.05. The molecule has 0 spiro atoms. The molecule has 0 aliphatic carbocycles. The molecular weight excluding hydrogens is 426 g/mol. The van der Waals surface area contributed by atoms with Gasteiger partial charge in [-0.15, -0.1) is 0 Å². The van der Waals surface area contributed by atoms with Gasteiger partial charge in [-0.25, -0.2) is 0 Å². The minimum atomic E-state index is 0.612. The highest BCUT2D eigenvalue weighted by molar-refractivity contribution is 14.1. The van der Waals surface area contributed by atoms with Gasteiger partial charge >= 0.3 is 0 Å². The Balaban J connectivity index is 2.32. The molecule has 0 aromatic heterocycles. The lowest BCUT2D eigenvalue weighted by molar-refractivity contribution is 1.46. The zero-order valence-corrected chi connectivity index (χ0v) is 13.5. The number of hydrogen-bond donors (Lipinski definition) is 1. The number of nitrogens with zero attached hydrogens (tertiary/aromatic N) is 1. The molecule has 0 amide bonds. The van der Waals surface area contributed by atoms with Crippen molar-refractivity contribution in [3.8, 4) is 6.07 Å². The quantitative estimate of drug-likeness (QED) is 0.651. The van der Waals surface area contributed by atoms with Gasteiger partial charge in [0.15, 0.2) is 0 Å². The van der Waals surface area contributed by atoms with Gasteiger partial charge in [-0.2, -0.15) is 5.26 Å². The fourth-order valence-electron chi connectivity index (χ4n) is 1.42. The molecule has 0 bridgehead atoms. The van der Waals surface area contributed by atoms with Crippen molar-refractivity contribution in [1.29, 1.82) is 5.26 Å². The highest BCUT2D eigenvalue weighted by atomic mass is 127. The summed E-state index contributed by atoms with van der Waals surface area (Å²) < 4.78 is 1.92. The molecule has 2 nitrogen and oxygen atoms in total. The summed E-state index contributed by atoms with van der Waals surface area (Å²) in [7, 11) is 0. The molecule has 2 aromatic rings. The number of nitriles is 1. The SMILES string of the molecule is N#Cc1ccc(Nc2ccc(I)cc2Cl)c(Br)c1. The molecule has 0 saturated heterocycles. The minimum Gasteiger partial charge on any atom is -0.353 e. The summed E-state index contributed by atoms with van der Waals surface area (Å²) in [5.74, 6) is 0. The van der Waals surface area contributed by atoms with Crippen LogP contribution in [0, 0.1) is 14.9 Å². The van der Waals surface area contributed by atoms with Crippen LogP contribution in [0.25, 0.3) is 0 Å². The maximum Gasteiger partial charge on any atom is 0.0992 e. The van der Waals surface area contributed by atoms with Crippen LogP contribution in [0.15, 0.2) is 40.9 Å². The Bertz CT molecular complexity index is 637. The van der Waals surface area contributed by atoms with Crippen LogP contribution in [-0.2, 0) is 0 Å². The third-order valence-corrected chi connectivity index (χ3v) is 3.94. The minimum absolute atomic E-state index is 0.612. The summed E-state index contributed by atoms with van der Waals surface area (Å²) in [5, 5.41) is 12.7. The second kappa shape index (κ2) is 5.91. The van der Waals surface area contributed by atoms with Gasteiger partial charge in [0, 0.05) is 8.04 Å². The predicted octanol–water partition coefficient (Wildman–Crippen LogP) is 5.32. The molecule has 1 N–H and O–H groups in total. The first-order valence-corrected chi connectivity index (χ1v) is 7.27. The molecule has 0 heterocycles. The second-order valence-electron chi connectivity index (χ2n) is 3.56. The molecule has 2 rings (SSSR count). The van der Waals surface area contributed by atoms with Gasteiger partial charge in [0.2, 0.25) is 0 Å². The molecule has 2 aromatic carbocycles. The fourth-order valence-corrected chi connectivity index (χ4v) is 2.80. The molecule has 5 heteroatoms. The van der Waals surface area contributed by atoms with Crippen LogP contribution < -0.4 is 5.32 Å². The van der Waals surface area contributed by atoms with E-state index < -0.39 is 0 Å². The van der Waals surface area contributed by atoms with Crippen LogP contribution in [0.4, 0.5) is 11.4 Å². The summed E-state index contributed by atoms with van der Waals surface area (Å²) in [5.41, 5.74) is 2.32. The van der Waals surface area contributed by atoms with E-state index in [0.717, 1.165) is 19.4 Å². The van der Waals surface area contributed by atoms with E-state index in [2.05, 4.69) is 49.9 Å². The summed E-state index contributed by atoms with van der Waals surface area (Å²) in [6, 6.07) is 13.3. The van der Waals surface area contributed by atoms with Crippen LogP contribution in [-0.4, -0.2) is 0 Å². The topological polar surface area (TPSA) is 35.8 Å². The fraction of sp³-hybridized carbons (Fsp3) is 0. The largest absolute Gasteiger partial charge is 0.353 e. The lowest BCUT2D eigenvalue weighted by Crippen LogP contribution is -1.93. The van der Waals surface area contributed by atoms with Gasteiger partial charge in [-0.3, -0.25) is 0 Å². The van der Waals surface area contributed by atoms with Gasteiger partial charge in [0.1, 0.15) is 0 Å². The van der Waals surface area contributed by atoms with E-state index in [-0.39, 0.29) is 0 Å². The van der Waals surface area contributed by atoms with Crippen molar-refractivity contribution >= 4 is 61.5 Å². The van der Waals surface area contributed by atoms with Crippen molar-refractivity contribution in [2.45, 2.75) is 0 Å². The number of benzene rings is 2.